The number of hydrogen-bond donors (Lipinski definition) is 0. The van der Waals surface area contributed by atoms with Crippen LogP contribution in [0.3, 0.4) is 0 Å². The quantitative estimate of drug-likeness (QED) is 0.412. The number of aryl methyl sites for hydroxylation is 3. The average Bonchev–Trinajstić information content (AvgIpc) is 3.38. The van der Waals surface area contributed by atoms with Crippen molar-refractivity contribution in [3.63, 3.8) is 0 Å². The van der Waals surface area contributed by atoms with Crippen molar-refractivity contribution in [2.75, 3.05) is 0 Å². The summed E-state index contributed by atoms with van der Waals surface area (Å²) in [7, 11) is 1.58. The third-order valence-corrected chi connectivity index (χ3v) is 6.00. The predicted molar refractivity (Wildman–Crippen MR) is 122 cm³/mol. The summed E-state index contributed by atoms with van der Waals surface area (Å²) in [5, 5.41) is 10.4. The Bertz CT molecular complexity index is 1240. The third kappa shape index (κ3) is 4.44. The first-order valence-electron chi connectivity index (χ1n) is 10.3. The van der Waals surface area contributed by atoms with Crippen LogP contribution in [0, 0.1) is 6.92 Å². The second-order valence-electron chi connectivity index (χ2n) is 7.42. The molecule has 2 aromatic carbocycles. The molecule has 0 saturated carbocycles. The number of ether oxygens (including phenoxy) is 1. The highest BCUT2D eigenvalue weighted by atomic mass is 32.1. The number of unbranched alkanes of at least 4 members (excludes halogenated alkanes) is 1. The van der Waals surface area contributed by atoms with Crippen LogP contribution in [-0.2, 0) is 20.1 Å². The smallest absolute Gasteiger partial charge is 0.368 e. The Hall–Kier alpha value is -3.26. The normalized spacial score (nSPS) is 11.1. The molecule has 0 amide bonds. The molecule has 8 heteroatoms. The standard InChI is InChI=1S/C23H25N5O2S/c1-4-5-10-17-11-6-7-12-18(17)20-15-31-22(24-20)30-14-19-16(2)9-8-13-21(19)28-23(29)27(3)25-26-28/h6-9,11-13,15H,4-5,10,14H2,1-3H3. The van der Waals surface area contributed by atoms with Crippen LogP contribution >= 0.6 is 11.3 Å². The van der Waals surface area contributed by atoms with E-state index in [0.717, 1.165) is 41.6 Å². The molecule has 7 nitrogen and oxygen atoms in total. The largest absolute Gasteiger partial charge is 0.465 e. The average molecular weight is 436 g/mol. The maximum atomic E-state index is 12.3. The summed E-state index contributed by atoms with van der Waals surface area (Å²) in [5.74, 6) is 0. The maximum absolute atomic E-state index is 12.3. The monoisotopic (exact) mass is 435 g/mol. The van der Waals surface area contributed by atoms with E-state index in [2.05, 4.69) is 35.5 Å². The molecule has 0 N–H and O–H groups in total. The summed E-state index contributed by atoms with van der Waals surface area (Å²) in [5.41, 5.74) is 5.66. The number of aromatic nitrogens is 5. The zero-order valence-electron chi connectivity index (χ0n) is 17.9. The minimum Gasteiger partial charge on any atom is -0.465 e. The number of nitrogens with zero attached hydrogens (tertiary/aromatic N) is 5. The molecule has 2 heterocycles. The minimum absolute atomic E-state index is 0.287. The van der Waals surface area contributed by atoms with Crippen LogP contribution in [-0.4, -0.2) is 24.8 Å². The van der Waals surface area contributed by atoms with Gasteiger partial charge in [0.05, 0.1) is 11.4 Å². The Morgan fingerprint density at radius 1 is 1.10 bits per heavy atom. The second kappa shape index (κ2) is 9.26. The van der Waals surface area contributed by atoms with Gasteiger partial charge in [0.15, 0.2) is 0 Å². The molecule has 0 spiro atoms. The van der Waals surface area contributed by atoms with E-state index in [4.69, 9.17) is 9.72 Å². The van der Waals surface area contributed by atoms with Gasteiger partial charge in [-0.1, -0.05) is 61.1 Å². The zero-order chi connectivity index (χ0) is 21.8. The Labute approximate surface area is 184 Å². The molecule has 0 aliphatic carbocycles. The summed E-state index contributed by atoms with van der Waals surface area (Å²) in [4.78, 5) is 17.0. The van der Waals surface area contributed by atoms with Gasteiger partial charge in [0, 0.05) is 23.6 Å². The maximum Gasteiger partial charge on any atom is 0.368 e. The second-order valence-corrected chi connectivity index (χ2v) is 8.24. The van der Waals surface area contributed by atoms with Crippen molar-refractivity contribution in [3.05, 3.63) is 75.0 Å². The third-order valence-electron chi connectivity index (χ3n) is 5.25. The van der Waals surface area contributed by atoms with Crippen LogP contribution in [0.25, 0.3) is 16.9 Å². The van der Waals surface area contributed by atoms with Crippen LogP contribution < -0.4 is 10.4 Å². The fraction of sp³-hybridized carbons (Fsp3) is 0.304. The van der Waals surface area contributed by atoms with Gasteiger partial charge in [0.2, 0.25) is 0 Å². The van der Waals surface area contributed by atoms with Gasteiger partial charge in [-0.15, -0.1) is 0 Å². The van der Waals surface area contributed by atoms with Crippen molar-refractivity contribution in [2.45, 2.75) is 39.7 Å². The predicted octanol–water partition coefficient (Wildman–Crippen LogP) is 4.32. The topological polar surface area (TPSA) is 74.8 Å². The molecule has 31 heavy (non-hydrogen) atoms. The van der Waals surface area contributed by atoms with Crippen LogP contribution in [0.2, 0.25) is 0 Å². The molecule has 0 bridgehead atoms. The Morgan fingerprint density at radius 2 is 1.94 bits per heavy atom. The number of thiazole rings is 1. The lowest BCUT2D eigenvalue weighted by Gasteiger charge is -2.11. The van der Waals surface area contributed by atoms with Crippen LogP contribution in [0.5, 0.6) is 5.19 Å². The lowest BCUT2D eigenvalue weighted by Crippen LogP contribution is -2.23. The summed E-state index contributed by atoms with van der Waals surface area (Å²) in [6.07, 6.45) is 3.36. The van der Waals surface area contributed by atoms with E-state index >= 15 is 0 Å². The molecule has 4 rings (SSSR count). The van der Waals surface area contributed by atoms with E-state index in [1.165, 1.54) is 26.3 Å². The molecule has 0 radical (unpaired) electrons. The van der Waals surface area contributed by atoms with Crippen LogP contribution in [0.4, 0.5) is 0 Å². The van der Waals surface area contributed by atoms with Gasteiger partial charge in [-0.2, -0.15) is 9.36 Å². The Kier molecular flexibility index (Phi) is 6.27. The SMILES string of the molecule is CCCCc1ccccc1-c1csc(OCc2c(C)cccc2-n2nnn(C)c2=O)n1. The molecule has 160 valence electrons. The molecule has 2 aromatic heterocycles. The van der Waals surface area contributed by atoms with Crippen molar-refractivity contribution in [1.82, 2.24) is 24.8 Å². The number of benzene rings is 2. The van der Waals surface area contributed by atoms with Gasteiger partial charge >= 0.3 is 5.69 Å². The first kappa shape index (κ1) is 21.0. The summed E-state index contributed by atoms with van der Waals surface area (Å²) in [6, 6.07) is 14.1. The highest BCUT2D eigenvalue weighted by Gasteiger charge is 2.15. The Morgan fingerprint density at radius 3 is 2.71 bits per heavy atom. The molecule has 0 atom stereocenters. The number of tetrazole rings is 1. The lowest BCUT2D eigenvalue weighted by atomic mass is 10.0. The van der Waals surface area contributed by atoms with Crippen LogP contribution in [0.15, 0.2) is 52.6 Å². The van der Waals surface area contributed by atoms with Crippen molar-refractivity contribution in [3.8, 4) is 22.1 Å². The van der Waals surface area contributed by atoms with E-state index in [-0.39, 0.29) is 12.3 Å². The van der Waals surface area contributed by atoms with Gasteiger partial charge in [0.1, 0.15) is 6.61 Å². The zero-order valence-corrected chi connectivity index (χ0v) is 18.7. The van der Waals surface area contributed by atoms with Crippen molar-refractivity contribution in [1.29, 1.82) is 0 Å². The molecule has 4 aromatic rings. The van der Waals surface area contributed by atoms with E-state index in [1.54, 1.807) is 7.05 Å². The van der Waals surface area contributed by atoms with E-state index in [1.807, 2.05) is 36.6 Å². The molecular weight excluding hydrogens is 410 g/mol. The van der Waals surface area contributed by atoms with E-state index in [9.17, 15) is 4.79 Å². The van der Waals surface area contributed by atoms with Gasteiger partial charge < -0.3 is 4.74 Å². The van der Waals surface area contributed by atoms with Crippen molar-refractivity contribution < 1.29 is 4.74 Å². The fourth-order valence-corrected chi connectivity index (χ4v) is 4.14. The van der Waals surface area contributed by atoms with Crippen molar-refractivity contribution in [2.24, 2.45) is 7.05 Å². The molecule has 0 fully saturated rings. The van der Waals surface area contributed by atoms with E-state index in [0.29, 0.717) is 10.9 Å². The minimum atomic E-state index is -0.299. The van der Waals surface area contributed by atoms with Gasteiger partial charge in [-0.3, -0.25) is 0 Å². The molecule has 0 aliphatic rings. The highest BCUT2D eigenvalue weighted by Crippen LogP contribution is 2.30. The molecule has 0 unspecified atom stereocenters. The Balaban J connectivity index is 1.57. The fourth-order valence-electron chi connectivity index (χ4n) is 3.47. The first-order chi connectivity index (χ1) is 15.1. The van der Waals surface area contributed by atoms with E-state index < -0.39 is 0 Å². The molecular formula is C23H25N5O2S. The first-order valence-corrected chi connectivity index (χ1v) is 11.2. The van der Waals surface area contributed by atoms with Gasteiger partial charge in [0.25, 0.3) is 5.19 Å². The molecule has 0 saturated heterocycles. The summed E-state index contributed by atoms with van der Waals surface area (Å²) in [6.45, 7) is 4.47. The van der Waals surface area contributed by atoms with Crippen LogP contribution in [0.1, 0.15) is 36.5 Å². The van der Waals surface area contributed by atoms with Crippen molar-refractivity contribution >= 4 is 11.3 Å². The summed E-state index contributed by atoms with van der Waals surface area (Å²) < 4.78 is 8.54. The summed E-state index contributed by atoms with van der Waals surface area (Å²) >= 11 is 1.48. The molecule has 0 aliphatic heterocycles. The van der Waals surface area contributed by atoms with Gasteiger partial charge in [-0.25, -0.2) is 9.78 Å². The lowest BCUT2D eigenvalue weighted by molar-refractivity contribution is 0.303. The highest BCUT2D eigenvalue weighted by molar-refractivity contribution is 7.11. The number of rotatable bonds is 8. The van der Waals surface area contributed by atoms with Gasteiger partial charge in [-0.05, 0) is 47.4 Å². The number of hydrogen-bond acceptors (Lipinski definition) is 6.